The van der Waals surface area contributed by atoms with Crippen LogP contribution in [0.4, 0.5) is 0 Å². The predicted molar refractivity (Wildman–Crippen MR) is 45.4 cm³/mol. The minimum absolute atomic E-state index is 0.559. The minimum Gasteiger partial charge on any atom is -0.234 e. The van der Waals surface area contributed by atoms with Crippen LogP contribution < -0.4 is 0 Å². The lowest BCUT2D eigenvalue weighted by Gasteiger charge is -1.96. The lowest BCUT2D eigenvalue weighted by Crippen LogP contribution is -1.81. The summed E-state index contributed by atoms with van der Waals surface area (Å²) in [4.78, 5) is 9.87. The number of rotatable bonds is 2. The van der Waals surface area contributed by atoms with E-state index in [1.54, 1.807) is 12.0 Å². The SMILES string of the molecule is O=C=CCc1ccccc1Cl. The summed E-state index contributed by atoms with van der Waals surface area (Å²) in [5.41, 5.74) is 0.956. The van der Waals surface area contributed by atoms with Crippen molar-refractivity contribution in [3.05, 3.63) is 40.9 Å². The largest absolute Gasteiger partial charge is 0.234 e. The first-order valence-electron chi connectivity index (χ1n) is 3.27. The maximum Gasteiger partial charge on any atom is 0.120 e. The van der Waals surface area contributed by atoms with E-state index in [0.717, 1.165) is 5.56 Å². The summed E-state index contributed by atoms with van der Waals surface area (Å²) in [7, 11) is 0. The molecule has 1 aromatic rings. The highest BCUT2D eigenvalue weighted by Crippen LogP contribution is 2.14. The molecule has 0 bridgehead atoms. The molecule has 1 rings (SSSR count). The third-order valence-electron chi connectivity index (χ3n) is 1.36. The van der Waals surface area contributed by atoms with E-state index in [4.69, 9.17) is 11.6 Å². The lowest BCUT2D eigenvalue weighted by molar-refractivity contribution is 0.568. The molecule has 0 N–H and O–H groups in total. The van der Waals surface area contributed by atoms with Gasteiger partial charge in [-0.3, -0.25) is 0 Å². The molecule has 0 aliphatic carbocycles. The van der Waals surface area contributed by atoms with Crippen molar-refractivity contribution in [1.29, 1.82) is 0 Å². The van der Waals surface area contributed by atoms with Gasteiger partial charge in [0.15, 0.2) is 0 Å². The fourth-order valence-corrected chi connectivity index (χ4v) is 1.03. The van der Waals surface area contributed by atoms with Crippen molar-refractivity contribution in [2.75, 3.05) is 0 Å². The van der Waals surface area contributed by atoms with Gasteiger partial charge in [-0.2, -0.15) is 0 Å². The summed E-state index contributed by atoms with van der Waals surface area (Å²) in [5.74, 6) is 1.71. The summed E-state index contributed by atoms with van der Waals surface area (Å²) < 4.78 is 0. The zero-order valence-electron chi connectivity index (χ0n) is 5.88. The van der Waals surface area contributed by atoms with Crippen LogP contribution in [0.1, 0.15) is 5.56 Å². The molecule has 0 aliphatic heterocycles. The summed E-state index contributed by atoms with van der Waals surface area (Å²) in [6, 6.07) is 7.43. The van der Waals surface area contributed by atoms with Crippen LogP contribution in [0, 0.1) is 0 Å². The van der Waals surface area contributed by atoms with E-state index in [2.05, 4.69) is 0 Å². The van der Waals surface area contributed by atoms with Crippen molar-refractivity contribution in [2.24, 2.45) is 0 Å². The molecule has 0 saturated heterocycles. The second-order valence-electron chi connectivity index (χ2n) is 2.12. The highest BCUT2D eigenvalue weighted by atomic mass is 35.5. The summed E-state index contributed by atoms with van der Waals surface area (Å²) >= 11 is 5.81. The van der Waals surface area contributed by atoms with Crippen molar-refractivity contribution >= 4 is 17.5 Å². The molecule has 0 aromatic heterocycles. The topological polar surface area (TPSA) is 17.1 Å². The maximum absolute atomic E-state index is 9.87. The molecule has 1 aromatic carbocycles. The fraction of sp³-hybridized carbons (Fsp3) is 0.111. The molecular weight excluding hydrogens is 160 g/mol. The van der Waals surface area contributed by atoms with Crippen LogP contribution in [0.3, 0.4) is 0 Å². The maximum atomic E-state index is 9.87. The normalized spacial score (nSPS) is 8.82. The van der Waals surface area contributed by atoms with Gasteiger partial charge in [0.2, 0.25) is 0 Å². The molecule has 0 radical (unpaired) electrons. The van der Waals surface area contributed by atoms with Gasteiger partial charge in [-0.25, -0.2) is 4.79 Å². The standard InChI is InChI=1S/C9H7ClO/c10-9-6-2-1-4-8(9)5-3-7-11/h1-4,6H,5H2. The van der Waals surface area contributed by atoms with E-state index in [9.17, 15) is 4.79 Å². The van der Waals surface area contributed by atoms with Crippen molar-refractivity contribution in [1.82, 2.24) is 0 Å². The second-order valence-corrected chi connectivity index (χ2v) is 2.52. The molecule has 11 heavy (non-hydrogen) atoms. The van der Waals surface area contributed by atoms with E-state index in [0.29, 0.717) is 11.4 Å². The Balaban J connectivity index is 2.85. The van der Waals surface area contributed by atoms with Gasteiger partial charge >= 0.3 is 0 Å². The number of hydrogen-bond donors (Lipinski definition) is 0. The molecule has 0 fully saturated rings. The molecule has 1 nitrogen and oxygen atoms in total. The van der Waals surface area contributed by atoms with E-state index < -0.39 is 0 Å². The molecule has 0 unspecified atom stereocenters. The Morgan fingerprint density at radius 3 is 2.82 bits per heavy atom. The third-order valence-corrected chi connectivity index (χ3v) is 1.73. The first-order chi connectivity index (χ1) is 5.34. The average Bonchev–Trinajstić information content (AvgIpc) is 2.03. The van der Waals surface area contributed by atoms with Crippen LogP contribution >= 0.6 is 11.6 Å². The van der Waals surface area contributed by atoms with Crippen LogP contribution in [0.25, 0.3) is 0 Å². The third kappa shape index (κ3) is 2.23. The Morgan fingerprint density at radius 2 is 2.18 bits per heavy atom. The first-order valence-corrected chi connectivity index (χ1v) is 3.65. The Labute approximate surface area is 70.3 Å². The molecule has 0 amide bonds. The van der Waals surface area contributed by atoms with Gasteiger partial charge in [-0.05, 0) is 11.6 Å². The van der Waals surface area contributed by atoms with Gasteiger partial charge in [-0.15, -0.1) is 0 Å². The van der Waals surface area contributed by atoms with Gasteiger partial charge in [0, 0.05) is 17.5 Å². The van der Waals surface area contributed by atoms with E-state index in [1.165, 1.54) is 6.08 Å². The zero-order chi connectivity index (χ0) is 8.10. The zero-order valence-corrected chi connectivity index (χ0v) is 6.64. The molecule has 2 heteroatoms. The van der Waals surface area contributed by atoms with Gasteiger partial charge in [0.25, 0.3) is 0 Å². The highest BCUT2D eigenvalue weighted by molar-refractivity contribution is 6.31. The molecule has 56 valence electrons. The molecular formula is C9H7ClO. The average molecular weight is 167 g/mol. The van der Waals surface area contributed by atoms with Gasteiger partial charge < -0.3 is 0 Å². The summed E-state index contributed by atoms with van der Waals surface area (Å²) in [6.45, 7) is 0. The molecule has 0 aliphatic rings. The van der Waals surface area contributed by atoms with Gasteiger partial charge in [0.1, 0.15) is 5.94 Å². The number of benzene rings is 1. The molecule has 0 spiro atoms. The second kappa shape index (κ2) is 3.97. The Morgan fingerprint density at radius 1 is 1.45 bits per heavy atom. The Hall–Kier alpha value is -1.04. The lowest BCUT2D eigenvalue weighted by atomic mass is 10.1. The van der Waals surface area contributed by atoms with E-state index >= 15 is 0 Å². The summed E-state index contributed by atoms with van der Waals surface area (Å²) in [5, 5.41) is 0.694. The smallest absolute Gasteiger partial charge is 0.120 e. The van der Waals surface area contributed by atoms with Crippen LogP contribution in [0.15, 0.2) is 30.3 Å². The summed E-state index contributed by atoms with van der Waals surface area (Å²) in [6.07, 6.45) is 1.98. The van der Waals surface area contributed by atoms with E-state index in [1.807, 2.05) is 18.2 Å². The predicted octanol–water partition coefficient (Wildman–Crippen LogP) is 2.27. The Bertz CT molecular complexity index is 287. The minimum atomic E-state index is 0.559. The van der Waals surface area contributed by atoms with Crippen LogP contribution in [-0.2, 0) is 11.2 Å². The van der Waals surface area contributed by atoms with Gasteiger partial charge in [0.05, 0.1) is 0 Å². The number of hydrogen-bond acceptors (Lipinski definition) is 1. The van der Waals surface area contributed by atoms with Crippen molar-refractivity contribution in [3.63, 3.8) is 0 Å². The monoisotopic (exact) mass is 166 g/mol. The van der Waals surface area contributed by atoms with Crippen molar-refractivity contribution in [2.45, 2.75) is 6.42 Å². The van der Waals surface area contributed by atoms with Crippen LogP contribution in [0.2, 0.25) is 5.02 Å². The van der Waals surface area contributed by atoms with Crippen molar-refractivity contribution in [3.8, 4) is 0 Å². The van der Waals surface area contributed by atoms with Crippen LogP contribution in [-0.4, -0.2) is 5.94 Å². The number of carbonyl (C=O) groups excluding carboxylic acids is 1. The Kier molecular flexibility index (Phi) is 2.91. The molecule has 0 saturated carbocycles. The highest BCUT2D eigenvalue weighted by Gasteiger charge is 1.94. The van der Waals surface area contributed by atoms with Crippen molar-refractivity contribution < 1.29 is 4.79 Å². The van der Waals surface area contributed by atoms with Gasteiger partial charge in [-0.1, -0.05) is 29.8 Å². The number of allylic oxidation sites excluding steroid dienone is 1. The fourth-order valence-electron chi connectivity index (χ4n) is 0.816. The number of halogens is 1. The molecule has 0 heterocycles. The van der Waals surface area contributed by atoms with Crippen LogP contribution in [0.5, 0.6) is 0 Å². The quantitative estimate of drug-likeness (QED) is 0.616. The van der Waals surface area contributed by atoms with E-state index in [-0.39, 0.29) is 0 Å². The molecule has 0 atom stereocenters. The first kappa shape index (κ1) is 8.06.